The number of benzene rings is 1. The van der Waals surface area contributed by atoms with Gasteiger partial charge in [-0.3, -0.25) is 0 Å². The van der Waals surface area contributed by atoms with E-state index >= 15 is 0 Å². The molecule has 19 heavy (non-hydrogen) atoms. The van der Waals surface area contributed by atoms with Crippen molar-refractivity contribution >= 4 is 15.5 Å². The van der Waals surface area contributed by atoms with E-state index in [1.807, 2.05) is 6.92 Å². The average Bonchev–Trinajstić information content (AvgIpc) is 2.94. The van der Waals surface area contributed by atoms with Crippen molar-refractivity contribution in [1.82, 2.24) is 0 Å². The molecule has 1 aliphatic carbocycles. The quantitative estimate of drug-likeness (QED) is 0.630. The molecule has 0 radical (unpaired) electrons. The molecule has 1 aromatic carbocycles. The monoisotopic (exact) mass is 281 g/mol. The molecule has 0 unspecified atom stereocenters. The predicted octanol–water partition coefficient (Wildman–Crippen LogP) is 2.77. The van der Waals surface area contributed by atoms with E-state index in [0.717, 1.165) is 37.0 Å². The number of hydrogen-bond donors (Lipinski definition) is 0. The molecule has 1 aliphatic rings. The predicted molar refractivity (Wildman–Crippen MR) is 75.1 cm³/mol. The first-order valence-corrected chi connectivity index (χ1v) is 8.02. The Hall–Kier alpha value is -1.36. The van der Waals surface area contributed by atoms with E-state index in [0.29, 0.717) is 4.90 Å². The van der Waals surface area contributed by atoms with Crippen molar-refractivity contribution in [1.29, 1.82) is 0 Å². The lowest BCUT2D eigenvalue weighted by Crippen LogP contribution is -2.17. The fraction of sp³-hybridized carbons (Fsp3) is 0.500. The number of sulfone groups is 1. The van der Waals surface area contributed by atoms with Gasteiger partial charge in [0.1, 0.15) is 7.11 Å². The van der Waals surface area contributed by atoms with Crippen molar-refractivity contribution in [2.45, 2.75) is 42.8 Å². The fourth-order valence-electron chi connectivity index (χ4n) is 2.47. The van der Waals surface area contributed by atoms with Crippen LogP contribution >= 0.6 is 0 Å². The van der Waals surface area contributed by atoms with Gasteiger partial charge >= 0.3 is 0 Å². The molecular formula is C14H19NO3S. The molecule has 0 aliphatic heterocycles. The lowest BCUT2D eigenvalue weighted by Gasteiger charge is -2.11. The van der Waals surface area contributed by atoms with E-state index in [-0.39, 0.29) is 5.25 Å². The van der Waals surface area contributed by atoms with Crippen LogP contribution in [-0.2, 0) is 14.7 Å². The summed E-state index contributed by atoms with van der Waals surface area (Å²) in [5.74, 6) is 0. The van der Waals surface area contributed by atoms with E-state index in [9.17, 15) is 8.42 Å². The first-order chi connectivity index (χ1) is 9.05. The summed E-state index contributed by atoms with van der Waals surface area (Å²) in [5.41, 5.74) is 1.60. The van der Waals surface area contributed by atoms with Gasteiger partial charge in [0.25, 0.3) is 0 Å². The SMILES string of the molecule is CON=C(C)c1ccc(S(=O)(=O)C2CCCC2)cc1. The highest BCUT2D eigenvalue weighted by molar-refractivity contribution is 7.92. The summed E-state index contributed by atoms with van der Waals surface area (Å²) in [6.07, 6.45) is 3.60. The van der Waals surface area contributed by atoms with Gasteiger partial charge in [-0.15, -0.1) is 0 Å². The number of hydrogen-bond acceptors (Lipinski definition) is 4. The van der Waals surface area contributed by atoms with E-state index in [1.54, 1.807) is 24.3 Å². The van der Waals surface area contributed by atoms with Crippen molar-refractivity contribution in [2.24, 2.45) is 5.16 Å². The highest BCUT2D eigenvalue weighted by atomic mass is 32.2. The molecular weight excluding hydrogens is 262 g/mol. The van der Waals surface area contributed by atoms with Crippen LogP contribution in [0.4, 0.5) is 0 Å². The van der Waals surface area contributed by atoms with Crippen LogP contribution in [0.1, 0.15) is 38.2 Å². The molecule has 0 heterocycles. The molecule has 0 saturated heterocycles. The van der Waals surface area contributed by atoms with Gasteiger partial charge in [0.2, 0.25) is 0 Å². The highest BCUT2D eigenvalue weighted by Gasteiger charge is 2.30. The summed E-state index contributed by atoms with van der Waals surface area (Å²) < 4.78 is 24.8. The Balaban J connectivity index is 2.25. The van der Waals surface area contributed by atoms with Crippen LogP contribution in [-0.4, -0.2) is 26.5 Å². The molecule has 1 fully saturated rings. The van der Waals surface area contributed by atoms with Gasteiger partial charge in [0.05, 0.1) is 15.9 Å². The molecule has 0 amide bonds. The fourth-order valence-corrected chi connectivity index (χ4v) is 4.32. The minimum atomic E-state index is -3.16. The number of oxime groups is 1. The van der Waals surface area contributed by atoms with Gasteiger partial charge in [-0.25, -0.2) is 8.42 Å². The summed E-state index contributed by atoms with van der Waals surface area (Å²) in [6, 6.07) is 6.88. The zero-order valence-electron chi connectivity index (χ0n) is 11.3. The maximum Gasteiger partial charge on any atom is 0.181 e. The Labute approximate surface area is 114 Å². The second-order valence-electron chi connectivity index (χ2n) is 4.84. The van der Waals surface area contributed by atoms with Crippen LogP contribution in [0.3, 0.4) is 0 Å². The first kappa shape index (κ1) is 14.1. The molecule has 1 aromatic rings. The highest BCUT2D eigenvalue weighted by Crippen LogP contribution is 2.29. The number of nitrogens with zero attached hydrogens (tertiary/aromatic N) is 1. The van der Waals surface area contributed by atoms with Crippen LogP contribution in [0.2, 0.25) is 0 Å². The third-order valence-corrected chi connectivity index (χ3v) is 5.85. The second-order valence-corrected chi connectivity index (χ2v) is 7.06. The molecule has 0 bridgehead atoms. The smallest absolute Gasteiger partial charge is 0.181 e. The van der Waals surface area contributed by atoms with Crippen LogP contribution in [0, 0.1) is 0 Å². The van der Waals surface area contributed by atoms with Crippen LogP contribution in [0.5, 0.6) is 0 Å². The van der Waals surface area contributed by atoms with Crippen molar-refractivity contribution in [3.63, 3.8) is 0 Å². The summed E-state index contributed by atoms with van der Waals surface area (Å²) in [5, 5.41) is 3.63. The number of rotatable bonds is 4. The zero-order chi connectivity index (χ0) is 13.9. The zero-order valence-corrected chi connectivity index (χ0v) is 12.1. The van der Waals surface area contributed by atoms with E-state index in [4.69, 9.17) is 4.84 Å². The first-order valence-electron chi connectivity index (χ1n) is 6.48. The average molecular weight is 281 g/mol. The topological polar surface area (TPSA) is 55.7 Å². The van der Waals surface area contributed by atoms with E-state index in [1.165, 1.54) is 7.11 Å². The molecule has 0 atom stereocenters. The third kappa shape index (κ3) is 2.97. The Morgan fingerprint density at radius 2 is 1.79 bits per heavy atom. The minimum Gasteiger partial charge on any atom is -0.399 e. The molecule has 0 aromatic heterocycles. The van der Waals surface area contributed by atoms with Gasteiger partial charge in [0, 0.05) is 0 Å². The Morgan fingerprint density at radius 3 is 2.32 bits per heavy atom. The van der Waals surface area contributed by atoms with Gasteiger partial charge in [0.15, 0.2) is 9.84 Å². The van der Waals surface area contributed by atoms with Crippen molar-refractivity contribution < 1.29 is 13.3 Å². The standard InChI is InChI=1S/C14H19NO3S/c1-11(15-18-2)12-7-9-14(10-8-12)19(16,17)13-5-3-4-6-13/h7-10,13H,3-6H2,1-2H3. The third-order valence-electron chi connectivity index (χ3n) is 3.57. The van der Waals surface area contributed by atoms with Crippen LogP contribution in [0.15, 0.2) is 34.3 Å². The van der Waals surface area contributed by atoms with E-state index in [2.05, 4.69) is 5.16 Å². The second kappa shape index (κ2) is 5.74. The Bertz CT molecular complexity index is 555. The molecule has 0 spiro atoms. The lowest BCUT2D eigenvalue weighted by molar-refractivity contribution is 0.213. The van der Waals surface area contributed by atoms with Gasteiger partial charge < -0.3 is 4.84 Å². The Kier molecular flexibility index (Phi) is 4.24. The van der Waals surface area contributed by atoms with Gasteiger partial charge in [-0.1, -0.05) is 30.1 Å². The molecule has 0 N–H and O–H groups in total. The minimum absolute atomic E-state index is 0.202. The lowest BCUT2D eigenvalue weighted by atomic mass is 10.1. The summed E-state index contributed by atoms with van der Waals surface area (Å²) in [6.45, 7) is 1.82. The molecule has 2 rings (SSSR count). The molecule has 5 heteroatoms. The van der Waals surface area contributed by atoms with Crippen molar-refractivity contribution in [2.75, 3.05) is 7.11 Å². The summed E-state index contributed by atoms with van der Waals surface area (Å²) >= 11 is 0. The molecule has 104 valence electrons. The normalized spacial score (nSPS) is 17.7. The van der Waals surface area contributed by atoms with Gasteiger partial charge in [-0.05, 0) is 37.5 Å². The maximum absolute atomic E-state index is 12.4. The van der Waals surface area contributed by atoms with Crippen LogP contribution in [0.25, 0.3) is 0 Å². The summed E-state index contributed by atoms with van der Waals surface area (Å²) in [7, 11) is -1.68. The van der Waals surface area contributed by atoms with Crippen LogP contribution < -0.4 is 0 Å². The van der Waals surface area contributed by atoms with E-state index < -0.39 is 9.84 Å². The molecule has 1 saturated carbocycles. The largest absolute Gasteiger partial charge is 0.399 e. The van der Waals surface area contributed by atoms with Crippen molar-refractivity contribution in [3.8, 4) is 0 Å². The van der Waals surface area contributed by atoms with Gasteiger partial charge in [-0.2, -0.15) is 0 Å². The Morgan fingerprint density at radius 1 is 1.21 bits per heavy atom. The maximum atomic E-state index is 12.4. The molecule has 4 nitrogen and oxygen atoms in total. The summed E-state index contributed by atoms with van der Waals surface area (Å²) in [4.78, 5) is 5.12. The van der Waals surface area contributed by atoms with Crippen molar-refractivity contribution in [3.05, 3.63) is 29.8 Å².